The van der Waals surface area contributed by atoms with Crippen LogP contribution in [0.25, 0.3) is 28.3 Å². The standard InChI is InChI=1S/C32H34FN7O4S/c1-4-44-28-17-15-27(16-18-28)39-21-29(24-9-7-6-8-10-24)34-32(39)23(3)38(19-20-45(42,43)5-2)30(41)22-40-36-31(35-37-40)25-11-13-26(33)14-12-25/h6-18,21,23H,4-5,19-20,22H2,1-3H3/t23-/m1/s1. The number of aromatic nitrogens is 6. The predicted molar refractivity (Wildman–Crippen MR) is 168 cm³/mol. The number of carbonyl (C=O) groups excluding carboxylic acids is 1. The Morgan fingerprint density at radius 2 is 1.69 bits per heavy atom. The number of nitrogens with zero attached hydrogens (tertiary/aromatic N) is 7. The maximum Gasteiger partial charge on any atom is 0.246 e. The third kappa shape index (κ3) is 7.60. The minimum Gasteiger partial charge on any atom is -0.494 e. The molecule has 0 unspecified atom stereocenters. The first-order valence-corrected chi connectivity index (χ1v) is 16.4. The molecule has 0 fully saturated rings. The highest BCUT2D eigenvalue weighted by atomic mass is 32.2. The van der Waals surface area contributed by atoms with Crippen LogP contribution in [0.5, 0.6) is 5.75 Å². The lowest BCUT2D eigenvalue weighted by atomic mass is 10.2. The Kier molecular flexibility index (Phi) is 9.67. The summed E-state index contributed by atoms with van der Waals surface area (Å²) < 4.78 is 46.0. The topological polar surface area (TPSA) is 125 Å². The summed E-state index contributed by atoms with van der Waals surface area (Å²) in [5.41, 5.74) is 2.93. The average molecular weight is 632 g/mol. The molecule has 2 heterocycles. The van der Waals surface area contributed by atoms with Crippen molar-refractivity contribution in [2.45, 2.75) is 33.4 Å². The molecule has 11 nitrogen and oxygen atoms in total. The molecule has 0 aliphatic rings. The fourth-order valence-corrected chi connectivity index (χ4v) is 5.57. The largest absolute Gasteiger partial charge is 0.494 e. The first-order valence-electron chi connectivity index (χ1n) is 14.6. The fraction of sp³-hybridized carbons (Fsp3) is 0.281. The second kappa shape index (κ2) is 13.8. The Labute approximate surface area is 261 Å². The highest BCUT2D eigenvalue weighted by molar-refractivity contribution is 7.91. The lowest BCUT2D eigenvalue weighted by Gasteiger charge is -2.29. The van der Waals surface area contributed by atoms with Crippen LogP contribution >= 0.6 is 0 Å². The molecule has 0 aliphatic heterocycles. The molecule has 0 radical (unpaired) electrons. The van der Waals surface area contributed by atoms with Crippen molar-refractivity contribution in [1.29, 1.82) is 0 Å². The van der Waals surface area contributed by atoms with Crippen molar-refractivity contribution in [3.8, 4) is 34.1 Å². The first-order chi connectivity index (χ1) is 21.7. The van der Waals surface area contributed by atoms with Gasteiger partial charge in [-0.05, 0) is 67.6 Å². The van der Waals surface area contributed by atoms with E-state index in [1.165, 1.54) is 29.2 Å². The molecule has 0 N–H and O–H groups in total. The second-order valence-electron chi connectivity index (χ2n) is 10.3. The Morgan fingerprint density at radius 3 is 2.36 bits per heavy atom. The summed E-state index contributed by atoms with van der Waals surface area (Å²) in [5, 5.41) is 12.3. The number of benzene rings is 3. The van der Waals surface area contributed by atoms with Crippen molar-refractivity contribution in [2.24, 2.45) is 0 Å². The van der Waals surface area contributed by atoms with E-state index in [2.05, 4.69) is 15.4 Å². The van der Waals surface area contributed by atoms with Crippen LogP contribution < -0.4 is 4.74 Å². The Hall–Kier alpha value is -4.91. The molecule has 1 atom stereocenters. The molecule has 234 valence electrons. The maximum atomic E-state index is 13.9. The number of imidazole rings is 1. The molecular weight excluding hydrogens is 597 g/mol. The Balaban J connectivity index is 1.50. The van der Waals surface area contributed by atoms with Gasteiger partial charge in [-0.15, -0.1) is 10.2 Å². The highest BCUT2D eigenvalue weighted by Crippen LogP contribution is 2.29. The molecule has 0 saturated heterocycles. The van der Waals surface area contributed by atoms with Crippen molar-refractivity contribution in [3.05, 3.63) is 96.7 Å². The molecule has 0 aliphatic carbocycles. The van der Waals surface area contributed by atoms with E-state index < -0.39 is 27.6 Å². The van der Waals surface area contributed by atoms with E-state index in [0.29, 0.717) is 23.7 Å². The van der Waals surface area contributed by atoms with Gasteiger partial charge in [0.15, 0.2) is 9.84 Å². The van der Waals surface area contributed by atoms with E-state index in [1.54, 1.807) is 6.92 Å². The van der Waals surface area contributed by atoms with Gasteiger partial charge in [0, 0.05) is 35.3 Å². The van der Waals surface area contributed by atoms with Crippen LogP contribution in [0.15, 0.2) is 85.1 Å². The van der Waals surface area contributed by atoms with Crippen LogP contribution in [0.3, 0.4) is 0 Å². The van der Waals surface area contributed by atoms with Crippen molar-refractivity contribution in [2.75, 3.05) is 24.7 Å². The van der Waals surface area contributed by atoms with Gasteiger partial charge >= 0.3 is 0 Å². The molecule has 3 aromatic carbocycles. The van der Waals surface area contributed by atoms with Crippen molar-refractivity contribution in [3.63, 3.8) is 0 Å². The quantitative estimate of drug-likeness (QED) is 0.182. The van der Waals surface area contributed by atoms with Crippen LogP contribution in [-0.2, 0) is 21.2 Å². The van der Waals surface area contributed by atoms with Crippen LogP contribution in [0.4, 0.5) is 4.39 Å². The number of rotatable bonds is 13. The molecule has 2 aromatic heterocycles. The molecule has 13 heteroatoms. The number of ether oxygens (including phenoxy) is 1. The van der Waals surface area contributed by atoms with E-state index in [4.69, 9.17) is 9.72 Å². The van der Waals surface area contributed by atoms with Crippen molar-refractivity contribution >= 4 is 15.7 Å². The van der Waals surface area contributed by atoms with Gasteiger partial charge in [0.2, 0.25) is 11.7 Å². The normalized spacial score (nSPS) is 12.2. The van der Waals surface area contributed by atoms with Gasteiger partial charge in [-0.25, -0.2) is 17.8 Å². The fourth-order valence-electron chi connectivity index (χ4n) is 4.81. The lowest BCUT2D eigenvalue weighted by Crippen LogP contribution is -2.40. The third-order valence-electron chi connectivity index (χ3n) is 7.31. The van der Waals surface area contributed by atoms with Crippen molar-refractivity contribution < 1.29 is 22.3 Å². The van der Waals surface area contributed by atoms with Gasteiger partial charge in [0.05, 0.1) is 24.1 Å². The van der Waals surface area contributed by atoms with Crippen LogP contribution in [0, 0.1) is 5.82 Å². The van der Waals surface area contributed by atoms with Crippen molar-refractivity contribution in [1.82, 2.24) is 34.7 Å². The smallest absolute Gasteiger partial charge is 0.246 e. The maximum absolute atomic E-state index is 13.9. The van der Waals surface area contributed by atoms with E-state index in [-0.39, 0.29) is 30.4 Å². The average Bonchev–Trinajstić information content (AvgIpc) is 3.70. The zero-order chi connectivity index (χ0) is 32.0. The summed E-state index contributed by atoms with van der Waals surface area (Å²) in [4.78, 5) is 21.4. The van der Waals surface area contributed by atoms with Gasteiger partial charge in [0.1, 0.15) is 23.9 Å². The van der Waals surface area contributed by atoms with E-state index >= 15 is 0 Å². The molecular formula is C32H34FN7O4S. The number of sulfone groups is 1. The highest BCUT2D eigenvalue weighted by Gasteiger charge is 2.28. The number of hydrogen-bond donors (Lipinski definition) is 0. The minimum atomic E-state index is -3.40. The van der Waals surface area contributed by atoms with E-state index in [0.717, 1.165) is 21.8 Å². The molecule has 1 amide bonds. The zero-order valence-corrected chi connectivity index (χ0v) is 26.1. The molecule has 0 spiro atoms. The van der Waals surface area contributed by atoms with Crippen LogP contribution in [0.2, 0.25) is 0 Å². The summed E-state index contributed by atoms with van der Waals surface area (Å²) >= 11 is 0. The minimum absolute atomic E-state index is 0.0476. The second-order valence-corrected chi connectivity index (χ2v) is 12.8. The van der Waals surface area contributed by atoms with Gasteiger partial charge in [-0.1, -0.05) is 37.3 Å². The summed E-state index contributed by atoms with van der Waals surface area (Å²) in [5.74, 6) is 0.412. The molecule has 5 rings (SSSR count). The summed E-state index contributed by atoms with van der Waals surface area (Å²) in [7, 11) is -3.40. The molecule has 0 bridgehead atoms. The number of halogens is 1. The molecule has 5 aromatic rings. The summed E-state index contributed by atoms with van der Waals surface area (Å²) in [6, 6.07) is 22.2. The van der Waals surface area contributed by atoms with Gasteiger partial charge in [-0.2, -0.15) is 4.80 Å². The zero-order valence-electron chi connectivity index (χ0n) is 25.2. The third-order valence-corrected chi connectivity index (χ3v) is 8.99. The SMILES string of the molecule is CCOc1ccc(-n2cc(-c3ccccc3)nc2[C@@H](C)N(CCS(=O)(=O)CC)C(=O)Cn2nnc(-c3ccc(F)cc3)n2)cc1. The van der Waals surface area contributed by atoms with Gasteiger partial charge < -0.3 is 14.2 Å². The first kappa shape index (κ1) is 31.5. The number of tetrazole rings is 1. The van der Waals surface area contributed by atoms with Crippen LogP contribution in [0.1, 0.15) is 32.6 Å². The number of amides is 1. The summed E-state index contributed by atoms with van der Waals surface area (Å²) in [6.45, 7) is 5.49. The number of hydrogen-bond acceptors (Lipinski definition) is 8. The Bertz CT molecular complexity index is 1840. The lowest BCUT2D eigenvalue weighted by molar-refractivity contribution is -0.134. The molecule has 45 heavy (non-hydrogen) atoms. The number of carbonyl (C=O) groups is 1. The monoisotopic (exact) mass is 631 g/mol. The van der Waals surface area contributed by atoms with E-state index in [9.17, 15) is 17.6 Å². The van der Waals surface area contributed by atoms with Crippen LogP contribution in [-0.4, -0.2) is 73.6 Å². The van der Waals surface area contributed by atoms with Gasteiger partial charge in [0.25, 0.3) is 0 Å². The van der Waals surface area contributed by atoms with Gasteiger partial charge in [-0.3, -0.25) is 4.79 Å². The van der Waals surface area contributed by atoms with E-state index in [1.807, 2.05) is 79.2 Å². The Morgan fingerprint density at radius 1 is 0.978 bits per heavy atom. The predicted octanol–water partition coefficient (Wildman–Crippen LogP) is 4.76. The summed E-state index contributed by atoms with van der Waals surface area (Å²) in [6.07, 6.45) is 1.90. The molecule has 0 saturated carbocycles.